The number of hydrogen-bond acceptors (Lipinski definition) is 10. The fourth-order valence-electron chi connectivity index (χ4n) is 4.80. The first-order valence-corrected chi connectivity index (χ1v) is 16.5. The summed E-state index contributed by atoms with van der Waals surface area (Å²) in [6.45, 7) is 6.14. The van der Waals surface area contributed by atoms with Gasteiger partial charge in [-0.25, -0.2) is 33.0 Å². The predicted molar refractivity (Wildman–Crippen MR) is 181 cm³/mol. The summed E-state index contributed by atoms with van der Waals surface area (Å²) in [5.74, 6) is -0.0748. The van der Waals surface area contributed by atoms with Gasteiger partial charge in [-0.1, -0.05) is 12.1 Å². The van der Waals surface area contributed by atoms with Crippen molar-refractivity contribution in [2.24, 2.45) is 5.92 Å². The first kappa shape index (κ1) is 36.6. The Morgan fingerprint density at radius 1 is 1.14 bits per heavy atom. The van der Waals surface area contributed by atoms with E-state index in [1.54, 1.807) is 57.2 Å². The quantitative estimate of drug-likeness (QED) is 0.0983. The second-order valence-corrected chi connectivity index (χ2v) is 12.9. The molecule has 0 aliphatic heterocycles. The van der Waals surface area contributed by atoms with Crippen LogP contribution in [0.4, 0.5) is 29.9 Å². The number of nitrogens with zero attached hydrogens (tertiary/aromatic N) is 5. The van der Waals surface area contributed by atoms with Crippen molar-refractivity contribution in [3.8, 4) is 17.1 Å². The van der Waals surface area contributed by atoms with Crippen molar-refractivity contribution in [2.75, 3.05) is 23.3 Å². The molecule has 16 heteroatoms. The zero-order valence-electron chi connectivity index (χ0n) is 28.4. The normalized spacial score (nSPS) is 12.7. The fourth-order valence-corrected chi connectivity index (χ4v) is 4.80. The highest BCUT2D eigenvalue weighted by Gasteiger charge is 2.31. The molecule has 0 radical (unpaired) electrons. The summed E-state index contributed by atoms with van der Waals surface area (Å²) in [6, 6.07) is 9.71. The van der Waals surface area contributed by atoms with Crippen LogP contribution >= 0.6 is 0 Å². The van der Waals surface area contributed by atoms with Gasteiger partial charge in [-0.2, -0.15) is 5.10 Å². The molecule has 3 amide bonds. The molecule has 0 unspecified atom stereocenters. The number of amides is 3. The molecule has 0 spiro atoms. The maximum absolute atomic E-state index is 14.0. The van der Waals surface area contributed by atoms with Crippen molar-refractivity contribution < 1.29 is 41.8 Å². The highest BCUT2D eigenvalue weighted by atomic mass is 19.3. The minimum absolute atomic E-state index is 0.0217. The monoisotopic (exact) mass is 707 g/mol. The van der Waals surface area contributed by atoms with Crippen molar-refractivity contribution in [3.63, 3.8) is 0 Å². The SMILES string of the molecule is CC(C)(C)OC(=O)N(CC1CC1)c1cc(-c2nc(C(=O)Nc3cn(-c4ccc(COC(=O)NCCCCC=O)cc4)nc3C(F)F)co2)ccn1. The van der Waals surface area contributed by atoms with E-state index in [-0.39, 0.29) is 23.9 Å². The molecule has 0 bridgehead atoms. The second-order valence-electron chi connectivity index (χ2n) is 12.9. The number of benzene rings is 1. The summed E-state index contributed by atoms with van der Waals surface area (Å²) in [4.78, 5) is 58.5. The third-order valence-corrected chi connectivity index (χ3v) is 7.54. The number of alkyl carbamates (subject to hydrolysis) is 1. The van der Waals surface area contributed by atoms with Gasteiger partial charge in [0, 0.05) is 31.3 Å². The van der Waals surface area contributed by atoms with Crippen LogP contribution in [0.15, 0.2) is 59.5 Å². The van der Waals surface area contributed by atoms with Crippen LogP contribution in [0.5, 0.6) is 0 Å². The molecule has 5 rings (SSSR count). The van der Waals surface area contributed by atoms with E-state index in [2.05, 4.69) is 25.7 Å². The van der Waals surface area contributed by atoms with E-state index in [0.29, 0.717) is 60.9 Å². The van der Waals surface area contributed by atoms with Crippen LogP contribution in [0.25, 0.3) is 17.1 Å². The zero-order chi connectivity index (χ0) is 36.5. The van der Waals surface area contributed by atoms with Gasteiger partial charge in [-0.05, 0) is 82.2 Å². The standard InChI is InChI=1S/C35H39F2N7O7/c1-35(2,3)51-34(48)43(18-22-7-8-22)28-17-24(13-15-38-28)32-41-27(21-49-32)31(46)40-26-19-44(42-29(26)30(36)37)25-11-9-23(10-12-25)20-50-33(47)39-14-5-4-6-16-45/h9-13,15-17,19,21-22,30H,4-8,14,18,20H2,1-3H3,(H,39,47)(H,40,46). The molecule has 2 N–H and O–H groups in total. The Hall–Kier alpha value is -5.67. The molecule has 4 aromatic rings. The summed E-state index contributed by atoms with van der Waals surface area (Å²) >= 11 is 0. The van der Waals surface area contributed by atoms with E-state index in [1.165, 1.54) is 22.0 Å². The van der Waals surface area contributed by atoms with Gasteiger partial charge >= 0.3 is 12.2 Å². The van der Waals surface area contributed by atoms with Crippen molar-refractivity contribution in [3.05, 3.63) is 72.0 Å². The predicted octanol–water partition coefficient (Wildman–Crippen LogP) is 6.86. The first-order valence-electron chi connectivity index (χ1n) is 16.5. The molecule has 1 aliphatic rings. The fraction of sp³-hybridized carbons (Fsp3) is 0.400. The molecule has 3 heterocycles. The summed E-state index contributed by atoms with van der Waals surface area (Å²) in [5, 5.41) is 9.01. The van der Waals surface area contributed by atoms with Crippen LogP contribution in [0.2, 0.25) is 0 Å². The van der Waals surface area contributed by atoms with Crippen LogP contribution in [-0.2, 0) is 20.9 Å². The van der Waals surface area contributed by atoms with E-state index in [1.807, 2.05) is 0 Å². The Bertz CT molecular complexity index is 1830. The van der Waals surface area contributed by atoms with Gasteiger partial charge < -0.3 is 29.3 Å². The minimum atomic E-state index is -3.00. The van der Waals surface area contributed by atoms with E-state index < -0.39 is 35.8 Å². The molecular formula is C35H39F2N7O7. The molecule has 1 aliphatic carbocycles. The Labute approximate surface area is 292 Å². The van der Waals surface area contributed by atoms with Gasteiger partial charge in [0.1, 0.15) is 30.6 Å². The average molecular weight is 708 g/mol. The number of aldehydes is 1. The van der Waals surface area contributed by atoms with Gasteiger partial charge in [-0.15, -0.1) is 0 Å². The van der Waals surface area contributed by atoms with Crippen molar-refractivity contribution >= 4 is 35.9 Å². The second kappa shape index (κ2) is 16.4. The summed E-state index contributed by atoms with van der Waals surface area (Å²) < 4.78 is 45.5. The smallest absolute Gasteiger partial charge is 0.416 e. The maximum atomic E-state index is 14.0. The largest absolute Gasteiger partial charge is 0.445 e. The van der Waals surface area contributed by atoms with Crippen LogP contribution in [-0.4, -0.2) is 62.8 Å². The summed E-state index contributed by atoms with van der Waals surface area (Å²) in [7, 11) is 0. The summed E-state index contributed by atoms with van der Waals surface area (Å²) in [5.41, 5.74) is -0.258. The topological polar surface area (TPSA) is 171 Å². The third kappa shape index (κ3) is 10.4. The van der Waals surface area contributed by atoms with Crippen molar-refractivity contribution in [1.82, 2.24) is 25.1 Å². The molecule has 1 fully saturated rings. The number of anilines is 2. The highest BCUT2D eigenvalue weighted by Crippen LogP contribution is 2.33. The van der Waals surface area contributed by atoms with Gasteiger partial charge in [-0.3, -0.25) is 9.69 Å². The van der Waals surface area contributed by atoms with Crippen LogP contribution < -0.4 is 15.5 Å². The van der Waals surface area contributed by atoms with Gasteiger partial charge in [0.25, 0.3) is 12.3 Å². The molecule has 51 heavy (non-hydrogen) atoms. The lowest BCUT2D eigenvalue weighted by molar-refractivity contribution is -0.107. The van der Waals surface area contributed by atoms with Gasteiger partial charge in [0.05, 0.1) is 17.6 Å². The first-order chi connectivity index (χ1) is 24.4. The van der Waals surface area contributed by atoms with Crippen molar-refractivity contribution in [2.45, 2.75) is 71.5 Å². The molecule has 1 aromatic carbocycles. The summed E-state index contributed by atoms with van der Waals surface area (Å²) in [6.07, 6.45) is 4.28. The average Bonchev–Trinajstić information content (AvgIpc) is 3.59. The Morgan fingerprint density at radius 2 is 1.90 bits per heavy atom. The molecule has 3 aromatic heterocycles. The maximum Gasteiger partial charge on any atom is 0.416 e. The molecule has 14 nitrogen and oxygen atoms in total. The molecule has 270 valence electrons. The number of carbonyl (C=O) groups excluding carboxylic acids is 4. The molecule has 1 saturated carbocycles. The number of pyridine rings is 1. The van der Waals surface area contributed by atoms with E-state index in [9.17, 15) is 28.0 Å². The number of carbonyl (C=O) groups is 4. The number of oxazole rings is 1. The van der Waals surface area contributed by atoms with E-state index in [0.717, 1.165) is 25.4 Å². The van der Waals surface area contributed by atoms with Crippen molar-refractivity contribution in [1.29, 1.82) is 0 Å². The third-order valence-electron chi connectivity index (χ3n) is 7.54. The molecule has 0 atom stereocenters. The van der Waals surface area contributed by atoms with Crippen LogP contribution in [0, 0.1) is 5.92 Å². The lowest BCUT2D eigenvalue weighted by Gasteiger charge is -2.27. The van der Waals surface area contributed by atoms with Crippen LogP contribution in [0.3, 0.4) is 0 Å². The Kier molecular flexibility index (Phi) is 11.7. The number of rotatable bonds is 15. The zero-order valence-corrected chi connectivity index (χ0v) is 28.4. The number of halogens is 2. The highest BCUT2D eigenvalue weighted by molar-refractivity contribution is 6.03. The lowest BCUT2D eigenvalue weighted by Crippen LogP contribution is -2.38. The number of nitrogens with one attached hydrogen (secondary N) is 2. The number of unbranched alkanes of at least 4 members (excludes halogenated alkanes) is 2. The number of hydrogen-bond donors (Lipinski definition) is 2. The number of alkyl halides is 2. The molecular weight excluding hydrogens is 668 g/mol. The number of ether oxygens (including phenoxy) is 2. The van der Waals surface area contributed by atoms with E-state index >= 15 is 0 Å². The minimum Gasteiger partial charge on any atom is -0.445 e. The van der Waals surface area contributed by atoms with E-state index in [4.69, 9.17) is 13.9 Å². The van der Waals surface area contributed by atoms with Gasteiger partial charge in [0.2, 0.25) is 5.89 Å². The lowest BCUT2D eigenvalue weighted by atomic mass is 10.2. The Balaban J connectivity index is 1.23. The van der Waals surface area contributed by atoms with Gasteiger partial charge in [0.15, 0.2) is 11.4 Å². The van der Waals surface area contributed by atoms with Crippen LogP contribution in [0.1, 0.15) is 81.0 Å². The Morgan fingerprint density at radius 3 is 2.59 bits per heavy atom. The molecule has 0 saturated heterocycles. The number of aromatic nitrogens is 4.